The molecule has 1 fully saturated rings. The molecule has 2 rings (SSSR count). The molecule has 5 heteroatoms. The summed E-state index contributed by atoms with van der Waals surface area (Å²) in [6.07, 6.45) is 7.42. The molecular weight excluding hydrogens is 254 g/mol. The van der Waals surface area contributed by atoms with Crippen LogP contribution in [-0.4, -0.2) is 27.6 Å². The largest absolute Gasteiger partial charge is 0.481 e. The van der Waals surface area contributed by atoms with E-state index in [1.807, 2.05) is 13.8 Å². The third kappa shape index (κ3) is 3.26. The third-order valence-electron chi connectivity index (χ3n) is 4.31. The van der Waals surface area contributed by atoms with E-state index in [0.717, 1.165) is 49.9 Å². The number of aryl methyl sites for hydroxylation is 2. The van der Waals surface area contributed by atoms with Crippen molar-refractivity contribution in [3.63, 3.8) is 0 Å². The van der Waals surface area contributed by atoms with Crippen LogP contribution in [0.5, 0.6) is 0 Å². The lowest BCUT2D eigenvalue weighted by Gasteiger charge is -2.28. The highest BCUT2D eigenvalue weighted by Gasteiger charge is 2.38. The van der Waals surface area contributed by atoms with E-state index in [0.29, 0.717) is 12.4 Å². The van der Waals surface area contributed by atoms with Crippen molar-refractivity contribution < 1.29 is 9.90 Å². The van der Waals surface area contributed by atoms with Gasteiger partial charge in [0.1, 0.15) is 5.82 Å². The monoisotopic (exact) mass is 277 g/mol. The molecule has 0 radical (unpaired) electrons. The molecule has 1 aromatic heterocycles. The molecule has 20 heavy (non-hydrogen) atoms. The molecule has 0 aliphatic heterocycles. The zero-order valence-corrected chi connectivity index (χ0v) is 12.3. The van der Waals surface area contributed by atoms with Crippen molar-refractivity contribution in [2.24, 2.45) is 5.41 Å². The standard InChI is InChI=1S/C15H23N3O2/c1-11-12(2)18-13(9-16-11)17-10-15(14(19)20)7-5-3-4-6-8-15/h9H,3-8,10H2,1-2H3,(H,17,18)(H,19,20). The van der Waals surface area contributed by atoms with Gasteiger partial charge in [0.2, 0.25) is 0 Å². The molecule has 1 saturated carbocycles. The van der Waals surface area contributed by atoms with Gasteiger partial charge in [0.15, 0.2) is 0 Å². The van der Waals surface area contributed by atoms with Crippen molar-refractivity contribution in [1.29, 1.82) is 0 Å². The molecule has 0 amide bonds. The molecule has 0 atom stereocenters. The lowest BCUT2D eigenvalue weighted by molar-refractivity contribution is -0.149. The Balaban J connectivity index is 2.08. The van der Waals surface area contributed by atoms with Crippen LogP contribution in [0.2, 0.25) is 0 Å². The Morgan fingerprint density at radius 2 is 1.90 bits per heavy atom. The van der Waals surface area contributed by atoms with Gasteiger partial charge in [0.05, 0.1) is 23.0 Å². The lowest BCUT2D eigenvalue weighted by atomic mass is 9.80. The number of nitrogens with one attached hydrogen (secondary N) is 1. The van der Waals surface area contributed by atoms with Crippen LogP contribution in [0.25, 0.3) is 0 Å². The third-order valence-corrected chi connectivity index (χ3v) is 4.31. The molecule has 0 aromatic carbocycles. The van der Waals surface area contributed by atoms with E-state index in [1.165, 1.54) is 0 Å². The molecule has 1 aromatic rings. The normalized spacial score (nSPS) is 18.3. The Morgan fingerprint density at radius 3 is 2.45 bits per heavy atom. The average Bonchev–Trinajstić information content (AvgIpc) is 2.67. The van der Waals surface area contributed by atoms with Crippen LogP contribution < -0.4 is 5.32 Å². The lowest BCUT2D eigenvalue weighted by Crippen LogP contribution is -2.37. The van der Waals surface area contributed by atoms with Crippen molar-refractivity contribution in [1.82, 2.24) is 9.97 Å². The number of aliphatic carboxylic acids is 1. The van der Waals surface area contributed by atoms with Crippen LogP contribution in [0.4, 0.5) is 5.82 Å². The van der Waals surface area contributed by atoms with Gasteiger partial charge in [0, 0.05) is 6.54 Å². The maximum absolute atomic E-state index is 11.7. The molecule has 0 bridgehead atoms. The number of anilines is 1. The van der Waals surface area contributed by atoms with Gasteiger partial charge in [-0.05, 0) is 26.7 Å². The van der Waals surface area contributed by atoms with E-state index < -0.39 is 11.4 Å². The van der Waals surface area contributed by atoms with Crippen molar-refractivity contribution in [2.75, 3.05) is 11.9 Å². The number of carboxylic acids is 1. The molecule has 5 nitrogen and oxygen atoms in total. The number of aromatic nitrogens is 2. The minimum absolute atomic E-state index is 0.430. The first-order valence-electron chi connectivity index (χ1n) is 7.31. The van der Waals surface area contributed by atoms with Crippen LogP contribution in [-0.2, 0) is 4.79 Å². The maximum Gasteiger partial charge on any atom is 0.311 e. The Labute approximate surface area is 119 Å². The molecule has 0 spiro atoms. The smallest absolute Gasteiger partial charge is 0.311 e. The average molecular weight is 277 g/mol. The first-order valence-corrected chi connectivity index (χ1v) is 7.31. The van der Waals surface area contributed by atoms with Gasteiger partial charge in [-0.2, -0.15) is 0 Å². The number of hydrogen-bond acceptors (Lipinski definition) is 4. The van der Waals surface area contributed by atoms with Gasteiger partial charge in [-0.3, -0.25) is 9.78 Å². The molecule has 1 heterocycles. The predicted molar refractivity (Wildman–Crippen MR) is 77.8 cm³/mol. The fourth-order valence-electron chi connectivity index (χ4n) is 2.76. The first kappa shape index (κ1) is 14.8. The van der Waals surface area contributed by atoms with Crippen LogP contribution in [0.3, 0.4) is 0 Å². The number of carboxylic acid groups (broad SMARTS) is 1. The summed E-state index contributed by atoms with van der Waals surface area (Å²) in [5, 5.41) is 12.8. The van der Waals surface area contributed by atoms with Gasteiger partial charge in [-0.25, -0.2) is 4.98 Å². The zero-order valence-electron chi connectivity index (χ0n) is 12.3. The fraction of sp³-hybridized carbons (Fsp3) is 0.667. The van der Waals surface area contributed by atoms with Gasteiger partial charge in [-0.15, -0.1) is 0 Å². The highest BCUT2D eigenvalue weighted by atomic mass is 16.4. The second kappa shape index (κ2) is 6.20. The van der Waals surface area contributed by atoms with E-state index in [1.54, 1.807) is 6.20 Å². The summed E-state index contributed by atoms with van der Waals surface area (Å²) < 4.78 is 0. The summed E-state index contributed by atoms with van der Waals surface area (Å²) in [4.78, 5) is 20.4. The Bertz CT molecular complexity index is 480. The summed E-state index contributed by atoms with van der Waals surface area (Å²) in [6, 6.07) is 0. The summed E-state index contributed by atoms with van der Waals surface area (Å²) in [5.41, 5.74) is 1.12. The summed E-state index contributed by atoms with van der Waals surface area (Å²) >= 11 is 0. The quantitative estimate of drug-likeness (QED) is 0.828. The second-order valence-corrected chi connectivity index (χ2v) is 5.78. The molecule has 0 saturated heterocycles. The van der Waals surface area contributed by atoms with Crippen molar-refractivity contribution in [2.45, 2.75) is 52.4 Å². The number of carbonyl (C=O) groups is 1. The molecule has 110 valence electrons. The molecular formula is C15H23N3O2. The van der Waals surface area contributed by atoms with Crippen LogP contribution in [0, 0.1) is 19.3 Å². The minimum atomic E-state index is -0.691. The summed E-state index contributed by atoms with van der Waals surface area (Å²) in [5.74, 6) is -0.0262. The Morgan fingerprint density at radius 1 is 1.25 bits per heavy atom. The highest BCUT2D eigenvalue weighted by molar-refractivity contribution is 5.75. The van der Waals surface area contributed by atoms with E-state index in [2.05, 4.69) is 15.3 Å². The SMILES string of the molecule is Cc1ncc(NCC2(C(=O)O)CCCCCC2)nc1C. The Kier molecular flexibility index (Phi) is 4.57. The van der Waals surface area contributed by atoms with Crippen LogP contribution >= 0.6 is 0 Å². The summed E-state index contributed by atoms with van der Waals surface area (Å²) in [7, 11) is 0. The number of hydrogen-bond donors (Lipinski definition) is 2. The van der Waals surface area contributed by atoms with Crippen LogP contribution in [0.15, 0.2) is 6.20 Å². The van der Waals surface area contributed by atoms with Crippen LogP contribution in [0.1, 0.15) is 49.9 Å². The molecule has 1 aliphatic rings. The van der Waals surface area contributed by atoms with E-state index in [4.69, 9.17) is 0 Å². The summed E-state index contributed by atoms with van der Waals surface area (Å²) in [6.45, 7) is 4.25. The number of nitrogens with zero attached hydrogens (tertiary/aromatic N) is 2. The van der Waals surface area contributed by atoms with Gasteiger partial charge in [0.25, 0.3) is 0 Å². The van der Waals surface area contributed by atoms with Gasteiger partial charge < -0.3 is 10.4 Å². The van der Waals surface area contributed by atoms with E-state index in [9.17, 15) is 9.90 Å². The van der Waals surface area contributed by atoms with Crippen molar-refractivity contribution in [3.8, 4) is 0 Å². The predicted octanol–water partition coefficient (Wildman–Crippen LogP) is 2.93. The van der Waals surface area contributed by atoms with E-state index in [-0.39, 0.29) is 0 Å². The Hall–Kier alpha value is -1.65. The van der Waals surface area contributed by atoms with Crippen molar-refractivity contribution >= 4 is 11.8 Å². The fourth-order valence-corrected chi connectivity index (χ4v) is 2.76. The zero-order chi connectivity index (χ0) is 14.6. The molecule has 2 N–H and O–H groups in total. The second-order valence-electron chi connectivity index (χ2n) is 5.78. The highest BCUT2D eigenvalue weighted by Crippen LogP contribution is 2.35. The topological polar surface area (TPSA) is 75.1 Å². The van der Waals surface area contributed by atoms with Gasteiger partial charge >= 0.3 is 5.97 Å². The van der Waals surface area contributed by atoms with Gasteiger partial charge in [-0.1, -0.05) is 25.7 Å². The minimum Gasteiger partial charge on any atom is -0.481 e. The van der Waals surface area contributed by atoms with Crippen molar-refractivity contribution in [3.05, 3.63) is 17.6 Å². The number of rotatable bonds is 4. The molecule has 1 aliphatic carbocycles. The molecule has 0 unspecified atom stereocenters. The van der Waals surface area contributed by atoms with E-state index >= 15 is 0 Å². The first-order chi connectivity index (χ1) is 9.53. The maximum atomic E-state index is 11.7.